The van der Waals surface area contributed by atoms with E-state index in [0.29, 0.717) is 12.1 Å². The monoisotopic (exact) mass is 509 g/mol. The van der Waals surface area contributed by atoms with Gasteiger partial charge < -0.3 is 20.1 Å². The van der Waals surface area contributed by atoms with Gasteiger partial charge in [-0.05, 0) is 93.5 Å². The van der Waals surface area contributed by atoms with Crippen LogP contribution in [0.3, 0.4) is 0 Å². The second kappa shape index (κ2) is 12.8. The Morgan fingerprint density at radius 2 is 1.86 bits per heavy atom. The van der Waals surface area contributed by atoms with Gasteiger partial charge in [0.2, 0.25) is 0 Å². The zero-order valence-corrected chi connectivity index (χ0v) is 23.0. The average molecular weight is 510 g/mol. The SMILES string of the molecule is CCCCNC(=S)N[C@H]1CC[C@@]2(c3ccc(OC)c(OC)c3)CCN(CCCc3ccccc3)[C@@H]2C1. The first kappa shape index (κ1) is 26.7. The Hall–Kier alpha value is -2.31. The molecule has 5 nitrogen and oxygen atoms in total. The minimum atomic E-state index is 0.141. The quantitative estimate of drug-likeness (QED) is 0.310. The Kier molecular flexibility index (Phi) is 9.49. The maximum Gasteiger partial charge on any atom is 0.166 e. The van der Waals surface area contributed by atoms with E-state index >= 15 is 0 Å². The number of likely N-dealkylation sites (tertiary alicyclic amines) is 1. The van der Waals surface area contributed by atoms with Gasteiger partial charge in [-0.1, -0.05) is 49.7 Å². The summed E-state index contributed by atoms with van der Waals surface area (Å²) in [6.45, 7) is 5.42. The molecule has 6 heteroatoms. The number of hydrogen-bond acceptors (Lipinski definition) is 4. The number of ether oxygens (including phenoxy) is 2. The number of hydrogen-bond donors (Lipinski definition) is 2. The van der Waals surface area contributed by atoms with Crippen LogP contribution in [0, 0.1) is 0 Å². The molecule has 2 N–H and O–H groups in total. The zero-order valence-electron chi connectivity index (χ0n) is 22.2. The van der Waals surface area contributed by atoms with Crippen molar-refractivity contribution in [2.24, 2.45) is 0 Å². The topological polar surface area (TPSA) is 45.8 Å². The summed E-state index contributed by atoms with van der Waals surface area (Å²) in [5.41, 5.74) is 2.95. The molecule has 1 aliphatic carbocycles. The first-order valence-electron chi connectivity index (χ1n) is 13.6. The minimum absolute atomic E-state index is 0.141. The second-order valence-electron chi connectivity index (χ2n) is 10.3. The van der Waals surface area contributed by atoms with Gasteiger partial charge in [0, 0.05) is 24.0 Å². The van der Waals surface area contributed by atoms with Crippen molar-refractivity contribution in [3.63, 3.8) is 0 Å². The van der Waals surface area contributed by atoms with Gasteiger partial charge in [-0.2, -0.15) is 0 Å². The minimum Gasteiger partial charge on any atom is -0.493 e. The van der Waals surface area contributed by atoms with Crippen LogP contribution in [0.4, 0.5) is 0 Å². The van der Waals surface area contributed by atoms with Crippen molar-refractivity contribution in [3.05, 3.63) is 59.7 Å². The molecule has 0 spiro atoms. The third-order valence-corrected chi connectivity index (χ3v) is 8.50. The fourth-order valence-corrected chi connectivity index (χ4v) is 6.54. The highest BCUT2D eigenvalue weighted by Gasteiger charge is 2.51. The molecule has 3 atom stereocenters. The van der Waals surface area contributed by atoms with Gasteiger partial charge in [-0.25, -0.2) is 0 Å². The summed E-state index contributed by atoms with van der Waals surface area (Å²) < 4.78 is 11.2. The number of aryl methyl sites for hydroxylation is 1. The fraction of sp³-hybridized carbons (Fsp3) is 0.567. The lowest BCUT2D eigenvalue weighted by atomic mass is 9.65. The molecule has 1 saturated carbocycles. The highest BCUT2D eigenvalue weighted by Crippen LogP contribution is 2.50. The van der Waals surface area contributed by atoms with Crippen LogP contribution in [0.2, 0.25) is 0 Å². The highest BCUT2D eigenvalue weighted by molar-refractivity contribution is 7.80. The summed E-state index contributed by atoms with van der Waals surface area (Å²) in [6, 6.07) is 18.3. The Bertz CT molecular complexity index is 985. The van der Waals surface area contributed by atoms with Gasteiger partial charge in [0.1, 0.15) is 0 Å². The fourth-order valence-electron chi connectivity index (χ4n) is 6.27. The van der Waals surface area contributed by atoms with Gasteiger partial charge in [-0.15, -0.1) is 0 Å². The first-order chi connectivity index (χ1) is 17.6. The van der Waals surface area contributed by atoms with E-state index in [4.69, 9.17) is 21.7 Å². The van der Waals surface area contributed by atoms with Crippen molar-refractivity contribution in [1.82, 2.24) is 15.5 Å². The number of benzene rings is 2. The van der Waals surface area contributed by atoms with E-state index < -0.39 is 0 Å². The predicted molar refractivity (Wildman–Crippen MR) is 152 cm³/mol. The van der Waals surface area contributed by atoms with Crippen molar-refractivity contribution in [1.29, 1.82) is 0 Å². The van der Waals surface area contributed by atoms with E-state index in [9.17, 15) is 0 Å². The van der Waals surface area contributed by atoms with Crippen LogP contribution in [-0.4, -0.2) is 55.9 Å². The maximum absolute atomic E-state index is 5.70. The van der Waals surface area contributed by atoms with Crippen molar-refractivity contribution in [3.8, 4) is 11.5 Å². The van der Waals surface area contributed by atoms with Crippen LogP contribution >= 0.6 is 12.2 Å². The van der Waals surface area contributed by atoms with Gasteiger partial charge in [0.05, 0.1) is 14.2 Å². The molecular weight excluding hydrogens is 466 g/mol. The summed E-state index contributed by atoms with van der Waals surface area (Å²) in [5, 5.41) is 7.86. The van der Waals surface area contributed by atoms with Crippen molar-refractivity contribution in [2.45, 2.75) is 75.8 Å². The molecule has 1 saturated heterocycles. The molecule has 0 aromatic heterocycles. The van der Waals surface area contributed by atoms with E-state index in [1.807, 2.05) is 0 Å². The largest absolute Gasteiger partial charge is 0.493 e. The number of nitrogens with zero attached hydrogens (tertiary/aromatic N) is 1. The average Bonchev–Trinajstić information content (AvgIpc) is 3.28. The lowest BCUT2D eigenvalue weighted by Gasteiger charge is -2.46. The normalized spacial score (nSPS) is 23.6. The molecule has 0 amide bonds. The zero-order chi connectivity index (χ0) is 25.4. The number of rotatable bonds is 11. The molecule has 0 unspecified atom stereocenters. The van der Waals surface area contributed by atoms with Crippen LogP contribution in [-0.2, 0) is 11.8 Å². The third kappa shape index (κ3) is 6.15. The third-order valence-electron chi connectivity index (χ3n) is 8.23. The van der Waals surface area contributed by atoms with Crippen molar-refractivity contribution < 1.29 is 9.47 Å². The second-order valence-corrected chi connectivity index (χ2v) is 10.8. The molecule has 2 aliphatic rings. The van der Waals surface area contributed by atoms with Crippen LogP contribution in [0.5, 0.6) is 11.5 Å². The molecular formula is C30H43N3O2S. The Balaban J connectivity index is 1.50. The smallest absolute Gasteiger partial charge is 0.166 e. The standard InChI is InChI=1S/C30H43N3O2S/c1-4-5-18-31-29(36)32-25-15-16-30(24-13-14-26(34-2)27(21-24)35-3)17-20-33(28(30)22-25)19-9-12-23-10-7-6-8-11-23/h6-8,10-11,13-14,21,25,28H,4-5,9,12,15-20,22H2,1-3H3,(H2,31,32,36)/t25-,28+,30-/m0/s1. The van der Waals surface area contributed by atoms with E-state index in [-0.39, 0.29) is 5.41 Å². The Labute approximate surface area is 222 Å². The number of unbranched alkanes of at least 4 members (excludes halogenated alkanes) is 1. The van der Waals surface area contributed by atoms with Gasteiger partial charge in [0.25, 0.3) is 0 Å². The summed E-state index contributed by atoms with van der Waals surface area (Å²) in [6.07, 6.45) is 9.19. The first-order valence-corrected chi connectivity index (χ1v) is 14.0. The molecule has 4 rings (SSSR count). The van der Waals surface area contributed by atoms with Gasteiger partial charge in [-0.3, -0.25) is 4.90 Å². The van der Waals surface area contributed by atoms with Crippen molar-refractivity contribution >= 4 is 17.3 Å². The molecule has 2 aromatic rings. The van der Waals surface area contributed by atoms with Gasteiger partial charge >= 0.3 is 0 Å². The van der Waals surface area contributed by atoms with Gasteiger partial charge in [0.15, 0.2) is 16.6 Å². The van der Waals surface area contributed by atoms with E-state index in [1.165, 1.54) is 30.4 Å². The summed E-state index contributed by atoms with van der Waals surface area (Å²) in [4.78, 5) is 2.75. The Morgan fingerprint density at radius 3 is 2.61 bits per heavy atom. The van der Waals surface area contributed by atoms with E-state index in [0.717, 1.165) is 68.3 Å². The molecule has 2 aromatic carbocycles. The summed E-state index contributed by atoms with van der Waals surface area (Å²) in [7, 11) is 3.44. The van der Waals surface area contributed by atoms with E-state index in [2.05, 4.69) is 71.0 Å². The lowest BCUT2D eigenvalue weighted by Crippen LogP contribution is -2.53. The van der Waals surface area contributed by atoms with Crippen LogP contribution in [0.15, 0.2) is 48.5 Å². The highest BCUT2D eigenvalue weighted by atomic mass is 32.1. The number of fused-ring (bicyclic) bond motifs is 1. The molecule has 0 bridgehead atoms. The van der Waals surface area contributed by atoms with E-state index in [1.54, 1.807) is 14.2 Å². The lowest BCUT2D eigenvalue weighted by molar-refractivity contribution is 0.138. The molecule has 0 radical (unpaired) electrons. The summed E-state index contributed by atoms with van der Waals surface area (Å²) in [5.74, 6) is 1.62. The Morgan fingerprint density at radius 1 is 1.06 bits per heavy atom. The summed E-state index contributed by atoms with van der Waals surface area (Å²) >= 11 is 5.64. The molecule has 2 fully saturated rings. The molecule has 36 heavy (non-hydrogen) atoms. The van der Waals surface area contributed by atoms with Crippen LogP contribution < -0.4 is 20.1 Å². The van der Waals surface area contributed by atoms with Crippen LogP contribution in [0.25, 0.3) is 0 Å². The maximum atomic E-state index is 5.70. The number of thiocarbonyl (C=S) groups is 1. The molecule has 196 valence electrons. The number of methoxy groups -OCH3 is 2. The predicted octanol–water partition coefficient (Wildman–Crippen LogP) is 5.47. The molecule has 1 heterocycles. The number of nitrogens with one attached hydrogen (secondary N) is 2. The van der Waals surface area contributed by atoms with Crippen molar-refractivity contribution in [2.75, 3.05) is 33.9 Å². The molecule has 1 aliphatic heterocycles. The van der Waals surface area contributed by atoms with Crippen LogP contribution in [0.1, 0.15) is 63.0 Å².